The molecule has 0 bridgehead atoms. The third-order valence-electron chi connectivity index (χ3n) is 3.62. The quantitative estimate of drug-likeness (QED) is 0.775. The van der Waals surface area contributed by atoms with Gasteiger partial charge in [0.05, 0.1) is 22.8 Å². The molecule has 1 N–H and O–H groups in total. The summed E-state index contributed by atoms with van der Waals surface area (Å²) in [6.07, 6.45) is 0. The number of aryl methyl sites for hydroxylation is 3. The van der Waals surface area contributed by atoms with Gasteiger partial charge in [0.1, 0.15) is 0 Å². The summed E-state index contributed by atoms with van der Waals surface area (Å²) in [6, 6.07) is 8.15. The number of rotatable bonds is 2. The molecule has 0 radical (unpaired) electrons. The molecule has 0 aliphatic rings. The molecular formula is C15H17N5. The molecule has 0 saturated heterocycles. The van der Waals surface area contributed by atoms with E-state index in [2.05, 4.69) is 32.7 Å². The monoisotopic (exact) mass is 267 g/mol. The zero-order chi connectivity index (χ0) is 14.3. The first kappa shape index (κ1) is 12.6. The highest BCUT2D eigenvalue weighted by Gasteiger charge is 2.12. The molecule has 3 rings (SSSR count). The highest BCUT2D eigenvalue weighted by Crippen LogP contribution is 2.28. The standard InChI is InChI=1S/C15H17N5/c1-9-12-7-5-6-8-13(12)15(18-17-9)16-14-10(2)19-20(4)11(14)3/h5-8H,1-4H3,(H,16,18). The predicted octanol–water partition coefficient (Wildman–Crippen LogP) is 3.03. The number of anilines is 2. The van der Waals surface area contributed by atoms with E-state index in [1.54, 1.807) is 0 Å². The van der Waals surface area contributed by atoms with E-state index < -0.39 is 0 Å². The van der Waals surface area contributed by atoms with Gasteiger partial charge in [0.2, 0.25) is 0 Å². The van der Waals surface area contributed by atoms with Gasteiger partial charge >= 0.3 is 0 Å². The molecule has 0 spiro atoms. The summed E-state index contributed by atoms with van der Waals surface area (Å²) in [5, 5.41) is 18.5. The lowest BCUT2D eigenvalue weighted by molar-refractivity contribution is 0.731. The summed E-state index contributed by atoms with van der Waals surface area (Å²) in [7, 11) is 1.94. The molecule has 5 heteroatoms. The zero-order valence-electron chi connectivity index (χ0n) is 12.1. The van der Waals surface area contributed by atoms with Gasteiger partial charge in [-0.25, -0.2) is 0 Å². The van der Waals surface area contributed by atoms with Crippen molar-refractivity contribution in [3.05, 3.63) is 41.3 Å². The molecule has 0 saturated carbocycles. The maximum atomic E-state index is 4.41. The van der Waals surface area contributed by atoms with Crippen molar-refractivity contribution in [3.63, 3.8) is 0 Å². The number of hydrogen-bond donors (Lipinski definition) is 1. The number of fused-ring (bicyclic) bond motifs is 1. The Morgan fingerprint density at radius 2 is 1.65 bits per heavy atom. The highest BCUT2D eigenvalue weighted by atomic mass is 15.3. The molecule has 0 amide bonds. The molecule has 2 aromatic heterocycles. The number of benzene rings is 1. The SMILES string of the molecule is Cc1nn(C)c(C)c1Nc1nnc(C)c2ccccc12. The summed E-state index contributed by atoms with van der Waals surface area (Å²) in [6.45, 7) is 5.99. The minimum absolute atomic E-state index is 0.769. The highest BCUT2D eigenvalue weighted by molar-refractivity contribution is 5.94. The topological polar surface area (TPSA) is 55.6 Å². The molecule has 0 aliphatic carbocycles. The fraction of sp³-hybridized carbons (Fsp3) is 0.267. The van der Waals surface area contributed by atoms with Crippen LogP contribution in [-0.2, 0) is 7.05 Å². The van der Waals surface area contributed by atoms with E-state index in [4.69, 9.17) is 0 Å². The second-order valence-corrected chi connectivity index (χ2v) is 4.97. The van der Waals surface area contributed by atoms with Gasteiger partial charge in [-0.1, -0.05) is 24.3 Å². The Labute approximate surface area is 117 Å². The molecule has 0 atom stereocenters. The van der Waals surface area contributed by atoms with Crippen molar-refractivity contribution in [2.24, 2.45) is 7.05 Å². The van der Waals surface area contributed by atoms with Gasteiger partial charge in [0.25, 0.3) is 0 Å². The second kappa shape index (κ2) is 4.59. The Bertz CT molecular complexity index is 788. The van der Waals surface area contributed by atoms with E-state index in [1.807, 2.05) is 44.6 Å². The van der Waals surface area contributed by atoms with Crippen molar-refractivity contribution < 1.29 is 0 Å². The minimum atomic E-state index is 0.769. The van der Waals surface area contributed by atoms with E-state index >= 15 is 0 Å². The van der Waals surface area contributed by atoms with Gasteiger partial charge in [-0.2, -0.15) is 10.2 Å². The maximum Gasteiger partial charge on any atom is 0.161 e. The van der Waals surface area contributed by atoms with Gasteiger partial charge < -0.3 is 5.32 Å². The van der Waals surface area contributed by atoms with Crippen LogP contribution >= 0.6 is 0 Å². The fourth-order valence-electron chi connectivity index (χ4n) is 2.40. The van der Waals surface area contributed by atoms with Crippen LogP contribution in [0.1, 0.15) is 17.1 Å². The summed E-state index contributed by atoms with van der Waals surface area (Å²) in [4.78, 5) is 0. The largest absolute Gasteiger partial charge is 0.335 e. The van der Waals surface area contributed by atoms with Crippen LogP contribution in [0.5, 0.6) is 0 Å². The summed E-state index contributed by atoms with van der Waals surface area (Å²) in [5.74, 6) is 0.769. The molecule has 3 aromatic rings. The van der Waals surface area contributed by atoms with Gasteiger partial charge in [-0.05, 0) is 20.8 Å². The van der Waals surface area contributed by atoms with E-state index in [0.29, 0.717) is 0 Å². The van der Waals surface area contributed by atoms with Crippen LogP contribution in [0, 0.1) is 20.8 Å². The first-order valence-corrected chi connectivity index (χ1v) is 6.57. The molecule has 5 nitrogen and oxygen atoms in total. The predicted molar refractivity (Wildman–Crippen MR) is 80.2 cm³/mol. The molecule has 0 aliphatic heterocycles. The molecule has 2 heterocycles. The zero-order valence-corrected chi connectivity index (χ0v) is 12.1. The lowest BCUT2D eigenvalue weighted by Gasteiger charge is -2.09. The molecule has 1 aromatic carbocycles. The van der Waals surface area contributed by atoms with Crippen LogP contribution in [0.25, 0.3) is 10.8 Å². The summed E-state index contributed by atoms with van der Waals surface area (Å²) >= 11 is 0. The Morgan fingerprint density at radius 1 is 0.950 bits per heavy atom. The lowest BCUT2D eigenvalue weighted by Crippen LogP contribution is -2.01. The Balaban J connectivity index is 2.14. The van der Waals surface area contributed by atoms with E-state index in [1.165, 1.54) is 0 Å². The second-order valence-electron chi connectivity index (χ2n) is 4.97. The first-order valence-electron chi connectivity index (χ1n) is 6.57. The lowest BCUT2D eigenvalue weighted by atomic mass is 10.1. The Hall–Kier alpha value is -2.43. The molecule has 102 valence electrons. The number of nitrogens with zero attached hydrogens (tertiary/aromatic N) is 4. The van der Waals surface area contributed by atoms with Crippen LogP contribution in [-0.4, -0.2) is 20.0 Å². The van der Waals surface area contributed by atoms with Crippen molar-refractivity contribution in [1.82, 2.24) is 20.0 Å². The molecule has 0 unspecified atom stereocenters. The van der Waals surface area contributed by atoms with Crippen LogP contribution < -0.4 is 5.32 Å². The van der Waals surface area contributed by atoms with E-state index in [-0.39, 0.29) is 0 Å². The number of aromatic nitrogens is 4. The van der Waals surface area contributed by atoms with Gasteiger partial charge in [-0.3, -0.25) is 4.68 Å². The average molecular weight is 267 g/mol. The number of nitrogens with one attached hydrogen (secondary N) is 1. The van der Waals surface area contributed by atoms with Crippen molar-refractivity contribution in [2.75, 3.05) is 5.32 Å². The third-order valence-corrected chi connectivity index (χ3v) is 3.62. The Kier molecular flexibility index (Phi) is 2.89. The van der Waals surface area contributed by atoms with Crippen molar-refractivity contribution in [1.29, 1.82) is 0 Å². The van der Waals surface area contributed by atoms with Gasteiger partial charge in [0.15, 0.2) is 5.82 Å². The molecule has 0 fully saturated rings. The van der Waals surface area contributed by atoms with E-state index in [9.17, 15) is 0 Å². The van der Waals surface area contributed by atoms with Crippen molar-refractivity contribution in [2.45, 2.75) is 20.8 Å². The fourth-order valence-corrected chi connectivity index (χ4v) is 2.40. The third kappa shape index (κ3) is 1.91. The normalized spacial score (nSPS) is 11.0. The van der Waals surface area contributed by atoms with Gasteiger partial charge in [0, 0.05) is 17.8 Å². The van der Waals surface area contributed by atoms with Crippen LogP contribution in [0.15, 0.2) is 24.3 Å². The molecule has 20 heavy (non-hydrogen) atoms. The summed E-state index contributed by atoms with van der Waals surface area (Å²) < 4.78 is 1.86. The van der Waals surface area contributed by atoms with Crippen molar-refractivity contribution in [3.8, 4) is 0 Å². The van der Waals surface area contributed by atoms with Crippen molar-refractivity contribution >= 4 is 22.3 Å². The van der Waals surface area contributed by atoms with Crippen LogP contribution in [0.3, 0.4) is 0 Å². The maximum absolute atomic E-state index is 4.41. The number of hydrogen-bond acceptors (Lipinski definition) is 4. The summed E-state index contributed by atoms with van der Waals surface area (Å²) in [5.41, 5.74) is 3.96. The Morgan fingerprint density at radius 3 is 2.30 bits per heavy atom. The first-order chi connectivity index (χ1) is 9.58. The smallest absolute Gasteiger partial charge is 0.161 e. The van der Waals surface area contributed by atoms with Crippen LogP contribution in [0.2, 0.25) is 0 Å². The molecular weight excluding hydrogens is 250 g/mol. The van der Waals surface area contributed by atoms with Gasteiger partial charge in [-0.15, -0.1) is 5.10 Å². The van der Waals surface area contributed by atoms with Crippen LogP contribution in [0.4, 0.5) is 11.5 Å². The van der Waals surface area contributed by atoms with E-state index in [0.717, 1.165) is 39.4 Å². The average Bonchev–Trinajstić information content (AvgIpc) is 2.68. The minimum Gasteiger partial charge on any atom is -0.335 e.